The first-order chi connectivity index (χ1) is 14.9. The number of nitrogens with zero attached hydrogens (tertiary/aromatic N) is 2. The molecule has 3 nitrogen and oxygen atoms in total. The van der Waals surface area contributed by atoms with Crippen LogP contribution < -0.4 is 0 Å². The van der Waals surface area contributed by atoms with Crippen LogP contribution in [-0.4, -0.2) is 59.8 Å². The summed E-state index contributed by atoms with van der Waals surface area (Å²) in [5.74, 6) is -2.89. The second kappa shape index (κ2) is 8.51. The van der Waals surface area contributed by atoms with Gasteiger partial charge in [0.15, 0.2) is 0 Å². The van der Waals surface area contributed by atoms with Gasteiger partial charge in [0.1, 0.15) is 0 Å². The van der Waals surface area contributed by atoms with Gasteiger partial charge in [-0.05, 0) is 69.8 Å². The fourth-order valence-corrected chi connectivity index (χ4v) is 7.01. The molecule has 0 aromatic heterocycles. The highest BCUT2D eigenvalue weighted by Crippen LogP contribution is 2.52. The quantitative estimate of drug-likeness (QED) is 0.393. The Morgan fingerprint density at radius 1 is 0.906 bits per heavy atom. The van der Waals surface area contributed by atoms with Crippen molar-refractivity contribution < 1.29 is 31.1 Å². The summed E-state index contributed by atoms with van der Waals surface area (Å²) in [6, 6.07) is -0.0271. The van der Waals surface area contributed by atoms with E-state index in [-0.39, 0.29) is 55.0 Å². The standard InChI is InChI=1S/C23H32F6N2O/c1-2-20(32)30-10-9-21(13-30)12-15-11-17(23(27,28)29)5-8-19(15)31(14-21)18-6-3-16(4-7-18)22(24,25)26/h2,15-19H,1,3-14H2. The molecule has 0 aromatic rings. The van der Waals surface area contributed by atoms with Gasteiger partial charge in [-0.1, -0.05) is 6.58 Å². The summed E-state index contributed by atoms with van der Waals surface area (Å²) in [5, 5.41) is 0. The van der Waals surface area contributed by atoms with Gasteiger partial charge in [-0.25, -0.2) is 0 Å². The number of piperidine rings is 1. The van der Waals surface area contributed by atoms with Gasteiger partial charge in [0.2, 0.25) is 5.91 Å². The van der Waals surface area contributed by atoms with Crippen molar-refractivity contribution in [2.45, 2.75) is 82.2 Å². The molecule has 0 N–H and O–H groups in total. The molecule has 4 fully saturated rings. The molecular formula is C23H32F6N2O. The predicted molar refractivity (Wildman–Crippen MR) is 108 cm³/mol. The van der Waals surface area contributed by atoms with Crippen molar-refractivity contribution in [2.24, 2.45) is 23.2 Å². The zero-order valence-electron chi connectivity index (χ0n) is 18.2. The fraction of sp³-hybridized carbons (Fsp3) is 0.870. The summed E-state index contributed by atoms with van der Waals surface area (Å²) >= 11 is 0. The molecule has 0 bridgehead atoms. The molecule has 2 heterocycles. The molecule has 2 aliphatic carbocycles. The second-order valence-electron chi connectivity index (χ2n) is 10.5. The monoisotopic (exact) mass is 466 g/mol. The lowest BCUT2D eigenvalue weighted by Gasteiger charge is -2.56. The lowest BCUT2D eigenvalue weighted by Crippen LogP contribution is -2.60. The van der Waals surface area contributed by atoms with Crippen LogP contribution in [0.4, 0.5) is 26.3 Å². The van der Waals surface area contributed by atoms with Crippen molar-refractivity contribution in [3.63, 3.8) is 0 Å². The van der Waals surface area contributed by atoms with E-state index in [2.05, 4.69) is 11.5 Å². The summed E-state index contributed by atoms with van der Waals surface area (Å²) in [6.07, 6.45) is -4.11. The Kier molecular flexibility index (Phi) is 6.36. The van der Waals surface area contributed by atoms with Crippen LogP contribution in [0.15, 0.2) is 12.7 Å². The number of hydrogen-bond donors (Lipinski definition) is 0. The van der Waals surface area contributed by atoms with Crippen LogP contribution in [0.1, 0.15) is 57.8 Å². The molecule has 4 rings (SSSR count). The first kappa shape index (κ1) is 23.9. The molecule has 1 spiro atoms. The Morgan fingerprint density at radius 3 is 2.12 bits per heavy atom. The van der Waals surface area contributed by atoms with E-state index >= 15 is 0 Å². The largest absolute Gasteiger partial charge is 0.391 e. The zero-order valence-corrected chi connectivity index (χ0v) is 18.2. The summed E-state index contributed by atoms with van der Waals surface area (Å²) in [5.41, 5.74) is -0.284. The topological polar surface area (TPSA) is 23.6 Å². The molecule has 1 amide bonds. The maximum atomic E-state index is 13.5. The Bertz CT molecular complexity index is 714. The van der Waals surface area contributed by atoms with Crippen LogP contribution in [0.25, 0.3) is 0 Å². The van der Waals surface area contributed by atoms with Gasteiger partial charge in [0, 0.05) is 37.1 Å². The van der Waals surface area contributed by atoms with Gasteiger partial charge >= 0.3 is 12.4 Å². The van der Waals surface area contributed by atoms with Gasteiger partial charge in [0.05, 0.1) is 11.8 Å². The minimum absolute atomic E-state index is 0.00387. The molecule has 2 saturated carbocycles. The third kappa shape index (κ3) is 4.68. The van der Waals surface area contributed by atoms with Crippen molar-refractivity contribution in [3.05, 3.63) is 12.7 Å². The Morgan fingerprint density at radius 2 is 1.53 bits per heavy atom. The molecule has 32 heavy (non-hydrogen) atoms. The molecule has 9 heteroatoms. The van der Waals surface area contributed by atoms with Crippen LogP contribution in [-0.2, 0) is 4.79 Å². The Labute approximate surface area is 185 Å². The predicted octanol–water partition coefficient (Wildman–Crippen LogP) is 5.57. The number of carbonyl (C=O) groups excluding carboxylic acids is 1. The molecule has 182 valence electrons. The molecule has 2 aliphatic heterocycles. The summed E-state index contributed by atoms with van der Waals surface area (Å²) in [4.78, 5) is 16.2. The third-order valence-corrected chi connectivity index (χ3v) is 8.60. The van der Waals surface area contributed by atoms with E-state index in [4.69, 9.17) is 0 Å². The smallest absolute Gasteiger partial charge is 0.339 e. The van der Waals surface area contributed by atoms with Crippen molar-refractivity contribution >= 4 is 5.91 Å². The minimum Gasteiger partial charge on any atom is -0.339 e. The van der Waals surface area contributed by atoms with Crippen LogP contribution >= 0.6 is 0 Å². The van der Waals surface area contributed by atoms with Gasteiger partial charge in [0.25, 0.3) is 0 Å². The zero-order chi connectivity index (χ0) is 23.3. The van der Waals surface area contributed by atoms with E-state index in [9.17, 15) is 31.1 Å². The lowest BCUT2D eigenvalue weighted by atomic mass is 9.64. The van der Waals surface area contributed by atoms with Crippen LogP contribution in [0.5, 0.6) is 0 Å². The van der Waals surface area contributed by atoms with E-state index in [0.717, 1.165) is 6.42 Å². The van der Waals surface area contributed by atoms with Gasteiger partial charge in [-0.2, -0.15) is 26.3 Å². The third-order valence-electron chi connectivity index (χ3n) is 8.60. The molecule has 4 aliphatic rings. The van der Waals surface area contributed by atoms with Crippen molar-refractivity contribution in [2.75, 3.05) is 19.6 Å². The summed E-state index contributed by atoms with van der Waals surface area (Å²) in [7, 11) is 0. The highest BCUT2D eigenvalue weighted by atomic mass is 19.4. The van der Waals surface area contributed by atoms with E-state index in [1.807, 2.05) is 0 Å². The maximum absolute atomic E-state index is 13.5. The van der Waals surface area contributed by atoms with Gasteiger partial charge in [-0.15, -0.1) is 0 Å². The van der Waals surface area contributed by atoms with E-state index in [1.165, 1.54) is 6.08 Å². The molecule has 0 aromatic carbocycles. The highest BCUT2D eigenvalue weighted by molar-refractivity contribution is 5.87. The molecule has 0 radical (unpaired) electrons. The lowest BCUT2D eigenvalue weighted by molar-refractivity contribution is -0.199. The average molecular weight is 467 g/mol. The average Bonchev–Trinajstić information content (AvgIpc) is 3.14. The highest BCUT2D eigenvalue weighted by Gasteiger charge is 2.55. The number of likely N-dealkylation sites (tertiary alicyclic amines) is 2. The number of carbonyl (C=O) groups is 1. The SMILES string of the molecule is C=CC(=O)N1CCC2(CC3CC(C(F)(F)F)CCC3N(C3CCC(C(F)(F)F)CC3)C2)C1. The maximum Gasteiger partial charge on any atom is 0.391 e. The molecule has 2 saturated heterocycles. The van der Waals surface area contributed by atoms with Crippen LogP contribution in [0.2, 0.25) is 0 Å². The van der Waals surface area contributed by atoms with Crippen molar-refractivity contribution in [3.8, 4) is 0 Å². The van der Waals surface area contributed by atoms with E-state index in [0.29, 0.717) is 45.3 Å². The van der Waals surface area contributed by atoms with Gasteiger partial charge in [-0.3, -0.25) is 9.69 Å². The normalized spacial score (nSPS) is 39.2. The molecular weight excluding hydrogens is 434 g/mol. The van der Waals surface area contributed by atoms with Gasteiger partial charge < -0.3 is 4.90 Å². The van der Waals surface area contributed by atoms with Crippen molar-refractivity contribution in [1.82, 2.24) is 9.80 Å². The first-order valence-electron chi connectivity index (χ1n) is 11.7. The molecule has 4 unspecified atom stereocenters. The summed E-state index contributed by atoms with van der Waals surface area (Å²) in [6.45, 7) is 5.25. The Hall–Kier alpha value is -1.25. The molecule has 4 atom stereocenters. The first-order valence-corrected chi connectivity index (χ1v) is 11.7. The minimum atomic E-state index is -4.22. The van der Waals surface area contributed by atoms with Crippen LogP contribution in [0, 0.1) is 23.2 Å². The van der Waals surface area contributed by atoms with E-state index < -0.39 is 24.2 Å². The number of amides is 1. The number of halogens is 6. The number of alkyl halides is 6. The number of hydrogen-bond acceptors (Lipinski definition) is 2. The second-order valence-corrected chi connectivity index (χ2v) is 10.5. The fourth-order valence-electron chi connectivity index (χ4n) is 7.01. The number of fused-ring (bicyclic) bond motifs is 1. The summed E-state index contributed by atoms with van der Waals surface area (Å²) < 4.78 is 80.0. The van der Waals surface area contributed by atoms with E-state index in [1.54, 1.807) is 4.90 Å². The van der Waals surface area contributed by atoms with Crippen LogP contribution in [0.3, 0.4) is 0 Å². The Balaban J connectivity index is 1.54. The number of rotatable bonds is 2. The van der Waals surface area contributed by atoms with Crippen molar-refractivity contribution in [1.29, 1.82) is 0 Å².